The fourth-order valence-corrected chi connectivity index (χ4v) is 3.64. The number of para-hydroxylation sites is 1. The van der Waals surface area contributed by atoms with Gasteiger partial charge in [-0.15, -0.1) is 12.4 Å². The van der Waals surface area contributed by atoms with E-state index in [1.807, 2.05) is 0 Å². The number of carbonyl (C=O) groups excluding carboxylic acids is 1. The second-order valence-electron chi connectivity index (χ2n) is 6.98. The van der Waals surface area contributed by atoms with E-state index in [-0.39, 0.29) is 30.2 Å². The van der Waals surface area contributed by atoms with Gasteiger partial charge in [-0.2, -0.15) is 0 Å². The van der Waals surface area contributed by atoms with Crippen LogP contribution in [0, 0.1) is 11.7 Å². The van der Waals surface area contributed by atoms with Crippen molar-refractivity contribution in [1.82, 2.24) is 15.5 Å². The third-order valence-electron chi connectivity index (χ3n) is 5.05. The molecule has 0 aliphatic carbocycles. The minimum absolute atomic E-state index is 0. The van der Waals surface area contributed by atoms with E-state index < -0.39 is 0 Å². The largest absolute Gasteiger partial charge is 0.489 e. The molecule has 3 rings (SSSR count). The van der Waals surface area contributed by atoms with Crippen LogP contribution in [0.3, 0.4) is 0 Å². The Morgan fingerprint density at radius 3 is 2.92 bits per heavy atom. The van der Waals surface area contributed by atoms with Crippen LogP contribution in [-0.4, -0.2) is 56.2 Å². The van der Waals surface area contributed by atoms with Gasteiger partial charge < -0.3 is 15.4 Å². The van der Waals surface area contributed by atoms with Gasteiger partial charge in [0.25, 0.3) is 0 Å². The Morgan fingerprint density at radius 1 is 1.31 bits per heavy atom. The number of hydrogen-bond acceptors (Lipinski definition) is 4. The summed E-state index contributed by atoms with van der Waals surface area (Å²) in [6.45, 7) is 4.93. The Hall–Kier alpha value is -1.37. The zero-order valence-electron chi connectivity index (χ0n) is 15.1. The van der Waals surface area contributed by atoms with Crippen molar-refractivity contribution in [1.29, 1.82) is 0 Å². The number of nitrogens with one attached hydrogen (secondary N) is 2. The first-order valence-corrected chi connectivity index (χ1v) is 9.33. The van der Waals surface area contributed by atoms with E-state index >= 15 is 0 Å². The monoisotopic (exact) mass is 385 g/mol. The molecule has 26 heavy (non-hydrogen) atoms. The molecule has 1 amide bonds. The zero-order valence-corrected chi connectivity index (χ0v) is 15.9. The van der Waals surface area contributed by atoms with Crippen LogP contribution < -0.4 is 15.4 Å². The molecule has 0 bridgehead atoms. The third-order valence-corrected chi connectivity index (χ3v) is 5.05. The van der Waals surface area contributed by atoms with Gasteiger partial charge in [0.1, 0.15) is 6.61 Å². The molecule has 0 spiro atoms. The Balaban J connectivity index is 0.00000243. The van der Waals surface area contributed by atoms with Crippen LogP contribution >= 0.6 is 12.4 Å². The number of carbonyl (C=O) groups is 1. The molecule has 2 unspecified atom stereocenters. The molecule has 2 heterocycles. The normalized spacial score (nSPS) is 23.3. The molecule has 0 aromatic heterocycles. The average Bonchev–Trinajstić information content (AvgIpc) is 3.16. The molecule has 5 nitrogen and oxygen atoms in total. The molecule has 0 radical (unpaired) electrons. The molecule has 2 aliphatic heterocycles. The number of rotatable bonds is 7. The Labute approximate surface area is 161 Å². The Bertz CT molecular complexity index is 569. The van der Waals surface area contributed by atoms with Crippen LogP contribution in [0.5, 0.6) is 5.75 Å². The fraction of sp³-hybridized carbons (Fsp3) is 0.632. The number of ether oxygens (including phenoxy) is 1. The maximum atomic E-state index is 13.5. The van der Waals surface area contributed by atoms with Crippen molar-refractivity contribution in [2.24, 2.45) is 5.92 Å². The van der Waals surface area contributed by atoms with Crippen molar-refractivity contribution in [3.05, 3.63) is 30.1 Å². The quantitative estimate of drug-likeness (QED) is 0.755. The van der Waals surface area contributed by atoms with E-state index in [4.69, 9.17) is 4.74 Å². The molecule has 7 heteroatoms. The van der Waals surface area contributed by atoms with Gasteiger partial charge >= 0.3 is 0 Å². The van der Waals surface area contributed by atoms with E-state index in [9.17, 15) is 9.18 Å². The molecular formula is C19H29ClFN3O2. The minimum atomic E-state index is -0.317. The number of amides is 1. The van der Waals surface area contributed by atoms with Crippen molar-refractivity contribution in [3.8, 4) is 5.75 Å². The van der Waals surface area contributed by atoms with Crippen LogP contribution in [-0.2, 0) is 4.79 Å². The summed E-state index contributed by atoms with van der Waals surface area (Å²) in [7, 11) is 0. The van der Waals surface area contributed by atoms with Gasteiger partial charge in [-0.1, -0.05) is 12.1 Å². The predicted octanol–water partition coefficient (Wildman–Crippen LogP) is 2.21. The smallest absolute Gasteiger partial charge is 0.237 e. The van der Waals surface area contributed by atoms with Gasteiger partial charge in [-0.05, 0) is 56.8 Å². The van der Waals surface area contributed by atoms with Gasteiger partial charge in [0.15, 0.2) is 11.6 Å². The van der Waals surface area contributed by atoms with E-state index in [1.54, 1.807) is 18.2 Å². The van der Waals surface area contributed by atoms with Crippen LogP contribution in [0.15, 0.2) is 24.3 Å². The number of piperidine rings is 1. The number of hydrogen-bond donors (Lipinski definition) is 2. The minimum Gasteiger partial charge on any atom is -0.489 e. The van der Waals surface area contributed by atoms with Gasteiger partial charge in [0.2, 0.25) is 5.91 Å². The maximum absolute atomic E-state index is 13.5. The highest BCUT2D eigenvalue weighted by Crippen LogP contribution is 2.18. The van der Waals surface area contributed by atoms with Crippen LogP contribution in [0.2, 0.25) is 0 Å². The molecule has 2 N–H and O–H groups in total. The van der Waals surface area contributed by atoms with E-state index in [0.29, 0.717) is 18.3 Å². The molecule has 2 atom stereocenters. The topological polar surface area (TPSA) is 53.6 Å². The number of halogens is 2. The number of nitrogens with zero attached hydrogens (tertiary/aromatic N) is 1. The van der Waals surface area contributed by atoms with Crippen molar-refractivity contribution in [2.75, 3.05) is 39.3 Å². The summed E-state index contributed by atoms with van der Waals surface area (Å²) in [5.74, 6) is 0.611. The first-order valence-electron chi connectivity index (χ1n) is 9.33. The van der Waals surface area contributed by atoms with Gasteiger partial charge in [0.05, 0.1) is 6.04 Å². The van der Waals surface area contributed by atoms with E-state index in [2.05, 4.69) is 15.5 Å². The lowest BCUT2D eigenvalue weighted by molar-refractivity contribution is -0.123. The highest BCUT2D eigenvalue weighted by molar-refractivity contribution is 5.85. The number of benzene rings is 1. The molecule has 1 aromatic carbocycles. The predicted molar refractivity (Wildman–Crippen MR) is 102 cm³/mol. The van der Waals surface area contributed by atoms with Gasteiger partial charge in [0, 0.05) is 19.6 Å². The van der Waals surface area contributed by atoms with Crippen LogP contribution in [0.4, 0.5) is 4.39 Å². The highest BCUT2D eigenvalue weighted by atomic mass is 35.5. The summed E-state index contributed by atoms with van der Waals surface area (Å²) >= 11 is 0. The van der Waals surface area contributed by atoms with Crippen LogP contribution in [0.25, 0.3) is 0 Å². The standard InChI is InChI=1S/C19H28FN3O2.ClH/c20-16-6-1-2-8-18(16)25-12-11-23-10-4-5-15(14-23)13-22-19(24)17-7-3-9-21-17;/h1-2,6,8,15,17,21H,3-5,7,9-14H2,(H,22,24);1H. The molecule has 146 valence electrons. The second kappa shape index (κ2) is 10.7. The first-order chi connectivity index (χ1) is 12.2. The molecule has 2 saturated heterocycles. The SMILES string of the molecule is Cl.O=C(NCC1CCCN(CCOc2ccccc2F)C1)C1CCCN1. The van der Waals surface area contributed by atoms with Gasteiger partial charge in [-0.3, -0.25) is 9.69 Å². The van der Waals surface area contributed by atoms with Gasteiger partial charge in [-0.25, -0.2) is 4.39 Å². The average molecular weight is 386 g/mol. The lowest BCUT2D eigenvalue weighted by Crippen LogP contribution is -2.46. The molecule has 2 fully saturated rings. The summed E-state index contributed by atoms with van der Waals surface area (Å²) in [6, 6.07) is 6.49. The highest BCUT2D eigenvalue weighted by Gasteiger charge is 2.24. The van der Waals surface area contributed by atoms with Crippen molar-refractivity contribution >= 4 is 18.3 Å². The summed E-state index contributed by atoms with van der Waals surface area (Å²) in [5.41, 5.74) is 0. The number of likely N-dealkylation sites (tertiary alicyclic amines) is 1. The first kappa shape index (κ1) is 20.9. The van der Waals surface area contributed by atoms with Crippen molar-refractivity contribution in [3.63, 3.8) is 0 Å². The van der Waals surface area contributed by atoms with E-state index in [0.717, 1.165) is 58.4 Å². The summed E-state index contributed by atoms with van der Waals surface area (Å²) in [5, 5.41) is 6.33. The van der Waals surface area contributed by atoms with E-state index in [1.165, 1.54) is 6.07 Å². The fourth-order valence-electron chi connectivity index (χ4n) is 3.64. The molecule has 1 aromatic rings. The van der Waals surface area contributed by atoms with Crippen molar-refractivity contribution in [2.45, 2.75) is 31.7 Å². The maximum Gasteiger partial charge on any atom is 0.237 e. The summed E-state index contributed by atoms with van der Waals surface area (Å²) < 4.78 is 19.1. The summed E-state index contributed by atoms with van der Waals surface area (Å²) in [6.07, 6.45) is 4.29. The molecule has 2 aliphatic rings. The Morgan fingerprint density at radius 2 is 2.15 bits per heavy atom. The lowest BCUT2D eigenvalue weighted by Gasteiger charge is -2.32. The summed E-state index contributed by atoms with van der Waals surface area (Å²) in [4.78, 5) is 14.4. The third kappa shape index (κ3) is 6.11. The van der Waals surface area contributed by atoms with Crippen molar-refractivity contribution < 1.29 is 13.9 Å². The lowest BCUT2D eigenvalue weighted by atomic mass is 9.98. The zero-order chi connectivity index (χ0) is 17.5. The molecular weight excluding hydrogens is 357 g/mol. The molecule has 0 saturated carbocycles. The second-order valence-corrected chi connectivity index (χ2v) is 6.98. The van der Waals surface area contributed by atoms with Crippen LogP contribution in [0.1, 0.15) is 25.7 Å². The Kier molecular flexibility index (Phi) is 8.62.